The number of likely N-dealkylation sites (N-methyl/N-ethyl adjacent to an activating group) is 1. The molecule has 2 atom stereocenters. The van der Waals surface area contributed by atoms with E-state index >= 15 is 0 Å². The fraction of sp³-hybridized carbons (Fsp3) is 0.667. The van der Waals surface area contributed by atoms with Crippen molar-refractivity contribution in [3.63, 3.8) is 0 Å². The third kappa shape index (κ3) is 3.54. The van der Waals surface area contributed by atoms with Gasteiger partial charge in [-0.3, -0.25) is 9.97 Å². The van der Waals surface area contributed by atoms with Crippen LogP contribution in [0.5, 0.6) is 0 Å². The number of hydrogen-bond donors (Lipinski definition) is 1. The molecule has 90 valence electrons. The number of nitrogens with zero attached hydrogens (tertiary/aromatic N) is 2. The van der Waals surface area contributed by atoms with Crippen molar-refractivity contribution in [3.8, 4) is 0 Å². The summed E-state index contributed by atoms with van der Waals surface area (Å²) in [6.45, 7) is 5.14. The highest BCUT2D eigenvalue weighted by molar-refractivity contribution is 5.05. The zero-order valence-electron chi connectivity index (χ0n) is 10.3. The van der Waals surface area contributed by atoms with E-state index in [1.54, 1.807) is 25.7 Å². The van der Waals surface area contributed by atoms with Gasteiger partial charge in [0, 0.05) is 19.5 Å². The summed E-state index contributed by atoms with van der Waals surface area (Å²) in [5.74, 6) is 0. The lowest BCUT2D eigenvalue weighted by Crippen LogP contribution is -2.34. The van der Waals surface area contributed by atoms with E-state index in [0.717, 1.165) is 25.1 Å². The molecule has 0 amide bonds. The maximum atomic E-state index is 5.53. The van der Waals surface area contributed by atoms with Gasteiger partial charge in [0.1, 0.15) is 0 Å². The van der Waals surface area contributed by atoms with Crippen LogP contribution in [-0.2, 0) is 4.74 Å². The second-order valence-electron chi connectivity index (χ2n) is 3.73. The normalized spacial score (nSPS) is 14.7. The minimum absolute atomic E-state index is 0.128. The van der Waals surface area contributed by atoms with Crippen LogP contribution in [0.1, 0.15) is 38.4 Å². The van der Waals surface area contributed by atoms with Crippen molar-refractivity contribution in [1.82, 2.24) is 15.3 Å². The lowest BCUT2D eigenvalue weighted by Gasteiger charge is -2.25. The van der Waals surface area contributed by atoms with Gasteiger partial charge in [0.05, 0.1) is 24.0 Å². The number of rotatable bonds is 7. The van der Waals surface area contributed by atoms with Crippen LogP contribution in [0, 0.1) is 0 Å². The first-order valence-corrected chi connectivity index (χ1v) is 5.85. The van der Waals surface area contributed by atoms with Crippen molar-refractivity contribution >= 4 is 0 Å². The lowest BCUT2D eigenvalue weighted by atomic mass is 10.0. The highest BCUT2D eigenvalue weighted by Gasteiger charge is 2.22. The van der Waals surface area contributed by atoms with Gasteiger partial charge in [0.25, 0.3) is 0 Å². The van der Waals surface area contributed by atoms with Gasteiger partial charge in [-0.25, -0.2) is 0 Å². The molecule has 2 unspecified atom stereocenters. The SMILES string of the molecule is CCCC(OC)C(NCC)c1cnccn1. The molecule has 0 bridgehead atoms. The fourth-order valence-electron chi connectivity index (χ4n) is 1.82. The van der Waals surface area contributed by atoms with Crippen molar-refractivity contribution in [1.29, 1.82) is 0 Å². The predicted octanol–water partition coefficient (Wildman–Crippen LogP) is 1.94. The van der Waals surface area contributed by atoms with E-state index in [4.69, 9.17) is 4.74 Å². The molecule has 1 rings (SSSR count). The monoisotopic (exact) mass is 223 g/mol. The number of ether oxygens (including phenoxy) is 1. The third-order valence-corrected chi connectivity index (χ3v) is 2.57. The molecule has 1 aromatic heterocycles. The standard InChI is InChI=1S/C12H21N3O/c1-4-6-11(16-3)12(14-5-2)10-9-13-7-8-15-10/h7-9,11-12,14H,4-6H2,1-3H3. The van der Waals surface area contributed by atoms with Gasteiger partial charge in [0.15, 0.2) is 0 Å². The van der Waals surface area contributed by atoms with Crippen LogP contribution in [0.3, 0.4) is 0 Å². The minimum Gasteiger partial charge on any atom is -0.379 e. The Balaban J connectivity index is 2.80. The number of methoxy groups -OCH3 is 1. The van der Waals surface area contributed by atoms with Gasteiger partial charge in [-0.15, -0.1) is 0 Å². The van der Waals surface area contributed by atoms with Crippen molar-refractivity contribution in [2.24, 2.45) is 0 Å². The summed E-state index contributed by atoms with van der Waals surface area (Å²) >= 11 is 0. The topological polar surface area (TPSA) is 47.0 Å². The Morgan fingerprint density at radius 1 is 1.38 bits per heavy atom. The summed E-state index contributed by atoms with van der Waals surface area (Å²) in [5, 5.41) is 3.41. The molecule has 16 heavy (non-hydrogen) atoms. The van der Waals surface area contributed by atoms with Gasteiger partial charge in [-0.1, -0.05) is 20.3 Å². The molecular formula is C12H21N3O. The van der Waals surface area contributed by atoms with E-state index in [0.29, 0.717) is 0 Å². The molecule has 0 spiro atoms. The molecule has 1 heterocycles. The van der Waals surface area contributed by atoms with Gasteiger partial charge in [-0.2, -0.15) is 0 Å². The molecule has 0 aliphatic carbocycles. The van der Waals surface area contributed by atoms with Gasteiger partial charge >= 0.3 is 0 Å². The molecule has 0 radical (unpaired) electrons. The maximum Gasteiger partial charge on any atom is 0.0782 e. The Morgan fingerprint density at radius 2 is 2.19 bits per heavy atom. The predicted molar refractivity (Wildman–Crippen MR) is 64.2 cm³/mol. The summed E-state index contributed by atoms with van der Waals surface area (Å²) in [7, 11) is 1.75. The average Bonchev–Trinajstić information content (AvgIpc) is 2.35. The average molecular weight is 223 g/mol. The quantitative estimate of drug-likeness (QED) is 0.767. The molecule has 0 saturated carbocycles. The zero-order valence-corrected chi connectivity index (χ0v) is 10.3. The molecule has 1 N–H and O–H groups in total. The van der Waals surface area contributed by atoms with Gasteiger partial charge in [0.2, 0.25) is 0 Å². The molecule has 4 nitrogen and oxygen atoms in total. The highest BCUT2D eigenvalue weighted by Crippen LogP contribution is 2.19. The molecule has 1 aromatic rings. The zero-order chi connectivity index (χ0) is 11.8. The van der Waals surface area contributed by atoms with E-state index in [9.17, 15) is 0 Å². The van der Waals surface area contributed by atoms with Crippen molar-refractivity contribution in [2.75, 3.05) is 13.7 Å². The number of hydrogen-bond acceptors (Lipinski definition) is 4. The first-order valence-electron chi connectivity index (χ1n) is 5.85. The van der Waals surface area contributed by atoms with Crippen LogP contribution < -0.4 is 5.32 Å². The minimum atomic E-state index is 0.128. The number of aromatic nitrogens is 2. The first-order chi connectivity index (χ1) is 7.83. The van der Waals surface area contributed by atoms with Crippen LogP contribution in [-0.4, -0.2) is 29.7 Å². The van der Waals surface area contributed by atoms with E-state index in [-0.39, 0.29) is 12.1 Å². The van der Waals surface area contributed by atoms with Crippen molar-refractivity contribution < 1.29 is 4.74 Å². The molecule has 0 aromatic carbocycles. The summed E-state index contributed by atoms with van der Waals surface area (Å²) in [6.07, 6.45) is 7.48. The Bertz CT molecular complexity index is 279. The van der Waals surface area contributed by atoms with Crippen LogP contribution in [0.15, 0.2) is 18.6 Å². The van der Waals surface area contributed by atoms with E-state index < -0.39 is 0 Å². The van der Waals surface area contributed by atoms with Gasteiger partial charge < -0.3 is 10.1 Å². The van der Waals surface area contributed by atoms with Gasteiger partial charge in [-0.05, 0) is 13.0 Å². The van der Waals surface area contributed by atoms with E-state index in [2.05, 4.69) is 29.1 Å². The Hall–Kier alpha value is -1.00. The summed E-state index contributed by atoms with van der Waals surface area (Å²) < 4.78 is 5.53. The molecule has 0 saturated heterocycles. The van der Waals surface area contributed by atoms with Crippen LogP contribution >= 0.6 is 0 Å². The largest absolute Gasteiger partial charge is 0.379 e. The van der Waals surface area contributed by atoms with Crippen LogP contribution in [0.25, 0.3) is 0 Å². The third-order valence-electron chi connectivity index (χ3n) is 2.57. The van der Waals surface area contributed by atoms with Crippen molar-refractivity contribution in [3.05, 3.63) is 24.3 Å². The van der Waals surface area contributed by atoms with Crippen LogP contribution in [0.4, 0.5) is 0 Å². The Morgan fingerprint density at radius 3 is 2.69 bits per heavy atom. The molecule has 4 heteroatoms. The molecule has 0 fully saturated rings. The Kier molecular flexibility index (Phi) is 5.96. The lowest BCUT2D eigenvalue weighted by molar-refractivity contribution is 0.0597. The van der Waals surface area contributed by atoms with E-state index in [1.807, 2.05) is 0 Å². The summed E-state index contributed by atoms with van der Waals surface area (Å²) in [4.78, 5) is 8.45. The van der Waals surface area contributed by atoms with Crippen LogP contribution in [0.2, 0.25) is 0 Å². The summed E-state index contributed by atoms with van der Waals surface area (Å²) in [6, 6.07) is 0.128. The molecule has 0 aliphatic rings. The number of nitrogens with one attached hydrogen (secondary N) is 1. The Labute approximate surface area is 97.5 Å². The van der Waals surface area contributed by atoms with Crippen molar-refractivity contribution in [2.45, 2.75) is 38.8 Å². The fourth-order valence-corrected chi connectivity index (χ4v) is 1.82. The van der Waals surface area contributed by atoms with E-state index in [1.165, 1.54) is 0 Å². The smallest absolute Gasteiger partial charge is 0.0782 e. The second kappa shape index (κ2) is 7.30. The highest BCUT2D eigenvalue weighted by atomic mass is 16.5. The molecular weight excluding hydrogens is 202 g/mol. The summed E-state index contributed by atoms with van der Waals surface area (Å²) in [5.41, 5.74) is 0.949. The molecule has 0 aliphatic heterocycles. The first kappa shape index (κ1) is 13.1. The maximum absolute atomic E-state index is 5.53. The second-order valence-corrected chi connectivity index (χ2v) is 3.73.